The van der Waals surface area contributed by atoms with Gasteiger partial charge in [0.15, 0.2) is 0 Å². The molecule has 0 aliphatic heterocycles. The zero-order valence-electron chi connectivity index (χ0n) is 14.3. The maximum atomic E-state index is 12.6. The summed E-state index contributed by atoms with van der Waals surface area (Å²) in [7, 11) is -3.87. The highest BCUT2D eigenvalue weighted by molar-refractivity contribution is 7.89. The Morgan fingerprint density at radius 1 is 1.25 bits per heavy atom. The number of nitrogens with one attached hydrogen (secondary N) is 1. The second kappa shape index (κ2) is 7.63. The van der Waals surface area contributed by atoms with Crippen LogP contribution in [0.25, 0.3) is 0 Å². The molecule has 1 aromatic carbocycles. The second-order valence-corrected chi connectivity index (χ2v) is 8.20. The molecule has 1 aromatic rings. The van der Waals surface area contributed by atoms with Gasteiger partial charge in [0.2, 0.25) is 10.0 Å². The minimum atomic E-state index is -3.87. The molecule has 24 heavy (non-hydrogen) atoms. The number of hydrogen-bond donors (Lipinski definition) is 3. The van der Waals surface area contributed by atoms with E-state index >= 15 is 0 Å². The van der Waals surface area contributed by atoms with Crippen molar-refractivity contribution < 1.29 is 13.2 Å². The Balaban J connectivity index is 2.24. The van der Waals surface area contributed by atoms with E-state index in [9.17, 15) is 13.2 Å². The number of hydrogen-bond acceptors (Lipinski definition) is 4. The first-order valence-electron chi connectivity index (χ1n) is 8.39. The quantitative estimate of drug-likeness (QED) is 0.745. The molecule has 0 aromatic heterocycles. The molecule has 134 valence electrons. The highest BCUT2D eigenvalue weighted by atomic mass is 32.2. The third kappa shape index (κ3) is 4.34. The van der Waals surface area contributed by atoms with Crippen molar-refractivity contribution in [2.75, 3.05) is 6.54 Å². The molecule has 0 radical (unpaired) electrons. The maximum Gasteiger partial charge on any atom is 0.251 e. The average Bonchev–Trinajstić information content (AvgIpc) is 2.54. The van der Waals surface area contributed by atoms with Gasteiger partial charge in [0.1, 0.15) is 0 Å². The standard InChI is InChI=1S/C17H27N3O3S/c1-11-8-14(9-16(12(11)2)24(19,22)23)17(21)20-15(10-18)13-6-4-3-5-7-13/h8-9,13,15H,3-7,10,18H2,1-2H3,(H,20,21)(H2,19,22,23). The third-order valence-corrected chi connectivity index (χ3v) is 6.01. The van der Waals surface area contributed by atoms with E-state index in [0.29, 0.717) is 29.2 Å². The summed E-state index contributed by atoms with van der Waals surface area (Å²) in [5.41, 5.74) is 7.44. The minimum Gasteiger partial charge on any atom is -0.348 e. The van der Waals surface area contributed by atoms with Gasteiger partial charge in [-0.25, -0.2) is 13.6 Å². The van der Waals surface area contributed by atoms with Crippen LogP contribution in [0.2, 0.25) is 0 Å². The molecule has 1 fully saturated rings. The van der Waals surface area contributed by atoms with Crippen LogP contribution in [0.15, 0.2) is 17.0 Å². The summed E-state index contributed by atoms with van der Waals surface area (Å²) in [4.78, 5) is 12.6. The van der Waals surface area contributed by atoms with Crippen molar-refractivity contribution in [3.63, 3.8) is 0 Å². The van der Waals surface area contributed by atoms with Crippen LogP contribution >= 0.6 is 0 Å². The van der Waals surface area contributed by atoms with Gasteiger partial charge in [0.25, 0.3) is 5.91 Å². The lowest BCUT2D eigenvalue weighted by Crippen LogP contribution is -2.46. The van der Waals surface area contributed by atoms with E-state index in [1.54, 1.807) is 19.9 Å². The Labute approximate surface area is 144 Å². The summed E-state index contributed by atoms with van der Waals surface area (Å²) < 4.78 is 23.5. The third-order valence-electron chi connectivity index (χ3n) is 4.98. The highest BCUT2D eigenvalue weighted by Crippen LogP contribution is 2.26. The molecule has 2 rings (SSSR count). The Bertz CT molecular complexity index is 710. The molecule has 1 unspecified atom stereocenters. The molecule has 1 saturated carbocycles. The van der Waals surface area contributed by atoms with Gasteiger partial charge in [0.05, 0.1) is 4.90 Å². The monoisotopic (exact) mass is 353 g/mol. The lowest BCUT2D eigenvalue weighted by molar-refractivity contribution is 0.0915. The van der Waals surface area contributed by atoms with E-state index < -0.39 is 10.0 Å². The van der Waals surface area contributed by atoms with Crippen molar-refractivity contribution in [3.05, 3.63) is 28.8 Å². The van der Waals surface area contributed by atoms with Gasteiger partial charge in [-0.1, -0.05) is 19.3 Å². The molecule has 5 N–H and O–H groups in total. The first-order valence-corrected chi connectivity index (χ1v) is 9.93. The fraction of sp³-hybridized carbons (Fsp3) is 0.588. The first-order chi connectivity index (χ1) is 11.2. The van der Waals surface area contributed by atoms with Crippen LogP contribution in [-0.2, 0) is 10.0 Å². The van der Waals surface area contributed by atoms with Crippen molar-refractivity contribution in [1.82, 2.24) is 5.32 Å². The first kappa shape index (κ1) is 18.9. The lowest BCUT2D eigenvalue weighted by Gasteiger charge is -2.30. The number of benzene rings is 1. The fourth-order valence-corrected chi connectivity index (χ4v) is 4.29. The molecular formula is C17H27N3O3S. The van der Waals surface area contributed by atoms with Crippen molar-refractivity contribution >= 4 is 15.9 Å². The van der Waals surface area contributed by atoms with Crippen LogP contribution in [0.3, 0.4) is 0 Å². The van der Waals surface area contributed by atoms with Crippen LogP contribution in [0.1, 0.15) is 53.6 Å². The van der Waals surface area contributed by atoms with Crippen LogP contribution in [0.4, 0.5) is 0 Å². The Hall–Kier alpha value is -1.44. The fourth-order valence-electron chi connectivity index (χ4n) is 3.41. The molecule has 1 atom stereocenters. The van der Waals surface area contributed by atoms with Gasteiger partial charge < -0.3 is 11.1 Å². The van der Waals surface area contributed by atoms with E-state index in [1.165, 1.54) is 12.5 Å². The number of carbonyl (C=O) groups excluding carboxylic acids is 1. The van der Waals surface area contributed by atoms with Crippen molar-refractivity contribution in [1.29, 1.82) is 0 Å². The van der Waals surface area contributed by atoms with E-state index in [1.807, 2.05) is 0 Å². The summed E-state index contributed by atoms with van der Waals surface area (Å²) in [6.07, 6.45) is 5.69. The largest absolute Gasteiger partial charge is 0.348 e. The SMILES string of the molecule is Cc1cc(C(=O)NC(CN)C2CCCCC2)cc(S(N)(=O)=O)c1C. The van der Waals surface area contributed by atoms with Crippen molar-refractivity contribution in [3.8, 4) is 0 Å². The normalized spacial score (nSPS) is 17.5. The number of primary sulfonamides is 1. The van der Waals surface area contributed by atoms with Crippen molar-refractivity contribution in [2.45, 2.75) is 56.9 Å². The number of nitrogens with two attached hydrogens (primary N) is 2. The summed E-state index contributed by atoms with van der Waals surface area (Å²) in [5.74, 6) is 0.0842. The second-order valence-electron chi connectivity index (χ2n) is 6.68. The molecule has 1 aliphatic rings. The zero-order chi connectivity index (χ0) is 17.9. The summed E-state index contributed by atoms with van der Waals surface area (Å²) >= 11 is 0. The molecular weight excluding hydrogens is 326 g/mol. The Morgan fingerprint density at radius 2 is 1.88 bits per heavy atom. The topological polar surface area (TPSA) is 115 Å². The lowest BCUT2D eigenvalue weighted by atomic mass is 9.84. The molecule has 0 bridgehead atoms. The van der Waals surface area contributed by atoms with Gasteiger partial charge in [-0.15, -0.1) is 0 Å². The smallest absolute Gasteiger partial charge is 0.251 e. The van der Waals surface area contributed by atoms with E-state index in [4.69, 9.17) is 10.9 Å². The highest BCUT2D eigenvalue weighted by Gasteiger charge is 2.25. The molecule has 0 spiro atoms. The Kier molecular flexibility index (Phi) is 6.01. The van der Waals surface area contributed by atoms with Gasteiger partial charge in [-0.3, -0.25) is 4.79 Å². The molecule has 0 heterocycles. The van der Waals surface area contributed by atoms with Crippen LogP contribution in [0.5, 0.6) is 0 Å². The van der Waals surface area contributed by atoms with Crippen LogP contribution in [-0.4, -0.2) is 26.9 Å². The zero-order valence-corrected chi connectivity index (χ0v) is 15.2. The van der Waals surface area contributed by atoms with E-state index in [-0.39, 0.29) is 16.8 Å². The van der Waals surface area contributed by atoms with Gasteiger partial charge in [0, 0.05) is 18.2 Å². The maximum absolute atomic E-state index is 12.6. The summed E-state index contributed by atoms with van der Waals surface area (Å²) in [6.45, 7) is 3.83. The molecule has 7 heteroatoms. The van der Waals surface area contributed by atoms with Gasteiger partial charge in [-0.05, 0) is 55.9 Å². The van der Waals surface area contributed by atoms with Gasteiger partial charge >= 0.3 is 0 Å². The Morgan fingerprint density at radius 3 is 2.42 bits per heavy atom. The number of aryl methyl sites for hydroxylation is 1. The number of carbonyl (C=O) groups is 1. The summed E-state index contributed by atoms with van der Waals surface area (Å²) in [6, 6.07) is 2.95. The minimum absolute atomic E-state index is 0.00499. The molecule has 6 nitrogen and oxygen atoms in total. The van der Waals surface area contributed by atoms with Crippen molar-refractivity contribution in [2.24, 2.45) is 16.8 Å². The molecule has 1 amide bonds. The van der Waals surface area contributed by atoms with E-state index in [2.05, 4.69) is 5.32 Å². The van der Waals surface area contributed by atoms with E-state index in [0.717, 1.165) is 25.7 Å². The number of sulfonamides is 1. The van der Waals surface area contributed by atoms with Gasteiger partial charge in [-0.2, -0.15) is 0 Å². The summed E-state index contributed by atoms with van der Waals surface area (Å²) in [5, 5.41) is 8.24. The number of rotatable bonds is 5. The predicted octanol–water partition coefficient (Wildman–Crippen LogP) is 1.59. The average molecular weight is 353 g/mol. The number of amides is 1. The molecule has 1 aliphatic carbocycles. The van der Waals surface area contributed by atoms with Crippen LogP contribution in [0, 0.1) is 19.8 Å². The molecule has 0 saturated heterocycles. The van der Waals surface area contributed by atoms with Crippen LogP contribution < -0.4 is 16.2 Å². The predicted molar refractivity (Wildman–Crippen MR) is 94.2 cm³/mol.